The predicted octanol–water partition coefficient (Wildman–Crippen LogP) is 3.31. The van der Waals surface area contributed by atoms with Gasteiger partial charge in [-0.25, -0.2) is 0 Å². The lowest BCUT2D eigenvalue weighted by atomic mass is 9.98. The highest BCUT2D eigenvalue weighted by Crippen LogP contribution is 2.16. The van der Waals surface area contributed by atoms with Gasteiger partial charge in [-0.05, 0) is 24.3 Å². The molecular weight excluding hydrogens is 300 g/mol. The maximum absolute atomic E-state index is 12.4. The summed E-state index contributed by atoms with van der Waals surface area (Å²) in [6.45, 7) is 0. The van der Waals surface area contributed by atoms with Gasteiger partial charge >= 0.3 is 0 Å². The molecule has 0 atom stereocenters. The Labute approximate surface area is 139 Å². The molecule has 0 aromatic heterocycles. The molecule has 3 aromatic rings. The van der Waals surface area contributed by atoms with Crippen molar-refractivity contribution in [3.8, 4) is 0 Å². The van der Waals surface area contributed by atoms with Gasteiger partial charge in [-0.2, -0.15) is 0 Å². The molecule has 0 heterocycles. The van der Waals surface area contributed by atoms with Crippen molar-refractivity contribution in [2.45, 2.75) is 0 Å². The van der Waals surface area contributed by atoms with Crippen LogP contribution in [0, 0.1) is 0 Å². The van der Waals surface area contributed by atoms with Crippen molar-refractivity contribution in [3.05, 3.63) is 95.1 Å². The highest BCUT2D eigenvalue weighted by Gasteiger charge is 2.12. The van der Waals surface area contributed by atoms with Gasteiger partial charge in [0.05, 0.1) is 0 Å². The number of hydrogen-bond acceptors (Lipinski definition) is 4. The summed E-state index contributed by atoms with van der Waals surface area (Å²) < 4.78 is 0. The van der Waals surface area contributed by atoms with Crippen LogP contribution in [0.3, 0.4) is 0 Å². The second kappa shape index (κ2) is 6.38. The minimum absolute atomic E-state index is 0.134. The molecule has 0 spiro atoms. The van der Waals surface area contributed by atoms with Gasteiger partial charge in [0.15, 0.2) is 11.6 Å². The second-order valence-corrected chi connectivity index (χ2v) is 5.49. The van der Waals surface area contributed by atoms with Gasteiger partial charge in [-0.1, -0.05) is 48.5 Å². The van der Waals surface area contributed by atoms with Gasteiger partial charge < -0.3 is 11.5 Å². The third-order valence-electron chi connectivity index (χ3n) is 3.71. The van der Waals surface area contributed by atoms with Crippen LogP contribution in [0.5, 0.6) is 0 Å². The summed E-state index contributed by atoms with van der Waals surface area (Å²) in [5, 5.41) is 0. The minimum atomic E-state index is -0.134. The summed E-state index contributed by atoms with van der Waals surface area (Å²) >= 11 is 0. The molecule has 3 rings (SSSR count). The molecule has 4 N–H and O–H groups in total. The molecule has 4 nitrogen and oxygen atoms in total. The number of nitrogen functional groups attached to an aromatic ring is 2. The average molecular weight is 316 g/mol. The third kappa shape index (κ3) is 3.17. The maximum Gasteiger partial charge on any atom is 0.193 e. The zero-order valence-corrected chi connectivity index (χ0v) is 12.9. The first-order valence-corrected chi connectivity index (χ1v) is 7.45. The summed E-state index contributed by atoms with van der Waals surface area (Å²) in [5.41, 5.74) is 14.5. The molecule has 0 bridgehead atoms. The largest absolute Gasteiger partial charge is 0.399 e. The van der Waals surface area contributed by atoms with Crippen LogP contribution in [0.4, 0.5) is 11.4 Å². The van der Waals surface area contributed by atoms with Gasteiger partial charge in [0, 0.05) is 33.6 Å². The Hall–Kier alpha value is -3.40. The number of carbonyl (C=O) groups is 2. The predicted molar refractivity (Wildman–Crippen MR) is 95.0 cm³/mol. The molecule has 0 saturated carbocycles. The van der Waals surface area contributed by atoms with E-state index in [2.05, 4.69) is 0 Å². The Kier molecular flexibility index (Phi) is 4.12. The lowest BCUT2D eigenvalue weighted by molar-refractivity contribution is 0.102. The van der Waals surface area contributed by atoms with Gasteiger partial charge in [0.25, 0.3) is 0 Å². The molecule has 3 aromatic carbocycles. The van der Waals surface area contributed by atoms with Crippen molar-refractivity contribution in [2.75, 3.05) is 11.5 Å². The number of anilines is 2. The van der Waals surface area contributed by atoms with Crippen molar-refractivity contribution in [1.82, 2.24) is 0 Å². The van der Waals surface area contributed by atoms with E-state index in [4.69, 9.17) is 11.5 Å². The van der Waals surface area contributed by atoms with Gasteiger partial charge in [0.2, 0.25) is 0 Å². The van der Waals surface area contributed by atoms with Crippen LogP contribution in [0.25, 0.3) is 0 Å². The van der Waals surface area contributed by atoms with Crippen molar-refractivity contribution < 1.29 is 9.59 Å². The molecule has 0 fully saturated rings. The first-order valence-electron chi connectivity index (χ1n) is 7.45. The maximum atomic E-state index is 12.4. The highest BCUT2D eigenvalue weighted by atomic mass is 16.1. The molecule has 0 amide bonds. The number of carbonyl (C=O) groups excluding carboxylic acids is 2. The fourth-order valence-electron chi connectivity index (χ4n) is 2.47. The number of nitrogens with two attached hydrogens (primary N) is 2. The number of benzene rings is 3. The molecule has 0 saturated heterocycles. The van der Waals surface area contributed by atoms with Gasteiger partial charge in [-0.3, -0.25) is 9.59 Å². The van der Waals surface area contributed by atoms with Crippen LogP contribution in [-0.4, -0.2) is 11.6 Å². The van der Waals surface area contributed by atoms with E-state index in [1.165, 1.54) is 0 Å². The zero-order valence-electron chi connectivity index (χ0n) is 12.9. The molecule has 0 radical (unpaired) electrons. The van der Waals surface area contributed by atoms with Crippen LogP contribution in [0.15, 0.2) is 72.8 Å². The molecule has 118 valence electrons. The molecule has 24 heavy (non-hydrogen) atoms. The van der Waals surface area contributed by atoms with E-state index in [0.717, 1.165) is 0 Å². The summed E-state index contributed by atoms with van der Waals surface area (Å²) in [4.78, 5) is 24.9. The first-order chi connectivity index (χ1) is 11.5. The summed E-state index contributed by atoms with van der Waals surface area (Å²) in [6, 6.07) is 20.2. The quantitative estimate of drug-likeness (QED) is 0.571. The summed E-state index contributed by atoms with van der Waals surface area (Å²) in [5.74, 6) is -0.268. The van der Waals surface area contributed by atoms with Crippen LogP contribution in [0.2, 0.25) is 0 Å². The highest BCUT2D eigenvalue weighted by molar-refractivity contribution is 6.12. The van der Waals surface area contributed by atoms with E-state index in [1.807, 2.05) is 0 Å². The minimum Gasteiger partial charge on any atom is -0.399 e. The summed E-state index contributed by atoms with van der Waals surface area (Å²) in [7, 11) is 0. The first kappa shape index (κ1) is 15.5. The Morgan fingerprint density at radius 1 is 0.542 bits per heavy atom. The van der Waals surface area contributed by atoms with Crippen molar-refractivity contribution in [3.63, 3.8) is 0 Å². The molecular formula is C20H16N2O2. The summed E-state index contributed by atoms with van der Waals surface area (Å²) in [6.07, 6.45) is 0. The Morgan fingerprint density at radius 2 is 0.917 bits per heavy atom. The van der Waals surface area contributed by atoms with E-state index >= 15 is 0 Å². The standard InChI is InChI=1S/C20H16N2O2/c21-17-5-1-3-15(11-17)19(23)13-7-9-14(10-8-13)20(24)16-4-2-6-18(22)12-16/h1-12H,21-22H2. The molecule has 0 aliphatic heterocycles. The Morgan fingerprint density at radius 3 is 1.25 bits per heavy atom. The molecule has 0 aliphatic carbocycles. The number of rotatable bonds is 4. The van der Waals surface area contributed by atoms with E-state index in [0.29, 0.717) is 33.6 Å². The normalized spacial score (nSPS) is 10.3. The van der Waals surface area contributed by atoms with Crippen LogP contribution in [0.1, 0.15) is 31.8 Å². The van der Waals surface area contributed by atoms with E-state index in [1.54, 1.807) is 72.8 Å². The van der Waals surface area contributed by atoms with Gasteiger partial charge in [-0.15, -0.1) is 0 Å². The van der Waals surface area contributed by atoms with E-state index in [-0.39, 0.29) is 11.6 Å². The number of ketones is 2. The van der Waals surface area contributed by atoms with Crippen LogP contribution >= 0.6 is 0 Å². The van der Waals surface area contributed by atoms with E-state index in [9.17, 15) is 9.59 Å². The molecule has 4 heteroatoms. The Bertz CT molecular complexity index is 838. The fraction of sp³-hybridized carbons (Fsp3) is 0. The van der Waals surface area contributed by atoms with Crippen LogP contribution in [-0.2, 0) is 0 Å². The van der Waals surface area contributed by atoms with E-state index < -0.39 is 0 Å². The molecule has 0 aliphatic rings. The van der Waals surface area contributed by atoms with Crippen LogP contribution < -0.4 is 11.5 Å². The SMILES string of the molecule is Nc1cccc(C(=O)c2ccc(C(=O)c3cccc(N)c3)cc2)c1. The molecule has 0 unspecified atom stereocenters. The fourth-order valence-corrected chi connectivity index (χ4v) is 2.47. The Balaban J connectivity index is 1.85. The average Bonchev–Trinajstić information content (AvgIpc) is 2.60. The van der Waals surface area contributed by atoms with Crippen molar-refractivity contribution in [2.24, 2.45) is 0 Å². The lowest BCUT2D eigenvalue weighted by Gasteiger charge is -2.05. The van der Waals surface area contributed by atoms with Crippen molar-refractivity contribution in [1.29, 1.82) is 0 Å². The number of hydrogen-bond donors (Lipinski definition) is 2. The zero-order chi connectivity index (χ0) is 17.1. The second-order valence-electron chi connectivity index (χ2n) is 5.49. The lowest BCUT2D eigenvalue weighted by Crippen LogP contribution is -2.05. The van der Waals surface area contributed by atoms with Gasteiger partial charge in [0.1, 0.15) is 0 Å². The topological polar surface area (TPSA) is 86.2 Å². The monoisotopic (exact) mass is 316 g/mol. The third-order valence-corrected chi connectivity index (χ3v) is 3.71. The van der Waals surface area contributed by atoms with Crippen molar-refractivity contribution >= 4 is 22.9 Å². The smallest absolute Gasteiger partial charge is 0.193 e.